The molecule has 0 aromatic heterocycles. The molecule has 0 fully saturated rings. The smallest absolute Gasteiger partial charge is 0.423 e. The third-order valence-electron chi connectivity index (χ3n) is 1.17. The monoisotopic (exact) mass is 176 g/mol. The zero-order valence-corrected chi connectivity index (χ0v) is 6.68. The Morgan fingerprint density at radius 1 is 1.50 bits per heavy atom. The van der Waals surface area contributed by atoms with Gasteiger partial charge in [0.25, 0.3) is 0 Å². The van der Waals surface area contributed by atoms with Crippen molar-refractivity contribution < 1.29 is 25.0 Å². The van der Waals surface area contributed by atoms with Crippen LogP contribution in [0, 0.1) is 0 Å². The topological polar surface area (TPSA) is 90.2 Å². The molecule has 0 spiro atoms. The summed E-state index contributed by atoms with van der Waals surface area (Å²) in [6, 6.07) is 0. The van der Waals surface area contributed by atoms with E-state index in [0.29, 0.717) is 0 Å². The van der Waals surface area contributed by atoms with E-state index in [1.165, 1.54) is 0 Å². The minimum Gasteiger partial charge on any atom is -0.423 e. The van der Waals surface area contributed by atoms with Crippen molar-refractivity contribution in [2.75, 3.05) is 19.8 Å². The second kappa shape index (κ2) is 6.16. The second-order valence-electron chi connectivity index (χ2n) is 2.38. The molecule has 6 heteroatoms. The van der Waals surface area contributed by atoms with E-state index in [9.17, 15) is 0 Å². The molecule has 1 atom stereocenters. The first-order valence-electron chi connectivity index (χ1n) is 3.48. The molecular weight excluding hydrogens is 163 g/mol. The Hall–Kier alpha value is -0.395. The van der Waals surface area contributed by atoms with Gasteiger partial charge in [-0.1, -0.05) is 0 Å². The fourth-order valence-corrected chi connectivity index (χ4v) is 0.453. The lowest BCUT2D eigenvalue weighted by molar-refractivity contribution is 0.0137. The predicted octanol–water partition coefficient (Wildman–Crippen LogP) is -2.08. The Balaban J connectivity index is 3.37. The van der Waals surface area contributed by atoms with Crippen molar-refractivity contribution >= 4 is 7.12 Å². The average Bonchev–Trinajstić information content (AvgIpc) is 2.03. The van der Waals surface area contributed by atoms with E-state index in [0.717, 1.165) is 0 Å². The van der Waals surface area contributed by atoms with Crippen molar-refractivity contribution in [3.8, 4) is 0 Å². The molecule has 0 heterocycles. The molecule has 0 aromatic carbocycles. The van der Waals surface area contributed by atoms with Crippen molar-refractivity contribution in [3.63, 3.8) is 0 Å². The zero-order chi connectivity index (χ0) is 9.56. The average molecular weight is 176 g/mol. The van der Waals surface area contributed by atoms with Gasteiger partial charge in [-0.05, 0) is 5.47 Å². The first-order chi connectivity index (χ1) is 5.57. The van der Waals surface area contributed by atoms with Crippen LogP contribution in [0.3, 0.4) is 0 Å². The summed E-state index contributed by atoms with van der Waals surface area (Å²) in [5, 5.41) is 34.2. The number of ether oxygens (including phenoxy) is 1. The van der Waals surface area contributed by atoms with Crippen molar-refractivity contribution in [1.29, 1.82) is 0 Å². The fourth-order valence-electron chi connectivity index (χ4n) is 0.453. The molecule has 70 valence electrons. The molecule has 0 bridgehead atoms. The van der Waals surface area contributed by atoms with E-state index in [1.807, 2.05) is 0 Å². The highest BCUT2D eigenvalue weighted by atomic mass is 16.5. The molecule has 0 radical (unpaired) electrons. The van der Waals surface area contributed by atoms with Crippen LogP contribution in [0.2, 0.25) is 0 Å². The van der Waals surface area contributed by atoms with Gasteiger partial charge in [-0.3, -0.25) is 0 Å². The molecule has 0 aliphatic carbocycles. The summed E-state index contributed by atoms with van der Waals surface area (Å²) in [5.41, 5.74) is 0.111. The van der Waals surface area contributed by atoms with Crippen LogP contribution in [0.4, 0.5) is 0 Å². The third-order valence-corrected chi connectivity index (χ3v) is 1.17. The van der Waals surface area contributed by atoms with Crippen LogP contribution in [0.15, 0.2) is 12.1 Å². The summed E-state index contributed by atoms with van der Waals surface area (Å²) in [6.07, 6.45) is -0.936. The van der Waals surface area contributed by atoms with Crippen LogP contribution in [0.5, 0.6) is 0 Å². The van der Waals surface area contributed by atoms with E-state index in [2.05, 4.69) is 6.58 Å². The van der Waals surface area contributed by atoms with Crippen LogP contribution in [0.1, 0.15) is 0 Å². The summed E-state index contributed by atoms with van der Waals surface area (Å²) in [6.45, 7) is 2.83. The van der Waals surface area contributed by atoms with Gasteiger partial charge >= 0.3 is 7.12 Å². The summed E-state index contributed by atoms with van der Waals surface area (Å²) < 4.78 is 4.78. The summed E-state index contributed by atoms with van der Waals surface area (Å²) in [5.74, 6) is 0. The number of aliphatic hydroxyl groups is 2. The van der Waals surface area contributed by atoms with Crippen LogP contribution >= 0.6 is 0 Å². The van der Waals surface area contributed by atoms with Crippen LogP contribution in [-0.2, 0) is 4.74 Å². The Labute approximate surface area is 71.1 Å². The van der Waals surface area contributed by atoms with Gasteiger partial charge < -0.3 is 25.0 Å². The Bertz CT molecular complexity index is 138. The maximum absolute atomic E-state index is 8.78. The highest BCUT2D eigenvalue weighted by Gasteiger charge is 2.12. The number of hydrogen-bond acceptors (Lipinski definition) is 5. The van der Waals surface area contributed by atoms with E-state index < -0.39 is 13.2 Å². The molecule has 0 rings (SSSR count). The van der Waals surface area contributed by atoms with Crippen molar-refractivity contribution in [2.24, 2.45) is 0 Å². The Morgan fingerprint density at radius 2 is 2.08 bits per heavy atom. The molecule has 1 unspecified atom stereocenters. The molecule has 4 N–H and O–H groups in total. The number of aliphatic hydroxyl groups excluding tert-OH is 2. The quantitative estimate of drug-likeness (QED) is 0.349. The molecule has 0 saturated carbocycles. The third kappa shape index (κ3) is 5.28. The van der Waals surface area contributed by atoms with Gasteiger partial charge in [-0.15, -0.1) is 6.58 Å². The number of rotatable bonds is 6. The zero-order valence-electron chi connectivity index (χ0n) is 6.68. The normalized spacial score (nSPS) is 12.7. The van der Waals surface area contributed by atoms with Crippen molar-refractivity contribution in [2.45, 2.75) is 6.10 Å². The van der Waals surface area contributed by atoms with Gasteiger partial charge in [0.1, 0.15) is 6.10 Å². The molecule has 0 aliphatic rings. The fraction of sp³-hybridized carbons (Fsp3) is 0.667. The lowest BCUT2D eigenvalue weighted by atomic mass is 9.81. The van der Waals surface area contributed by atoms with E-state index >= 15 is 0 Å². The molecule has 0 amide bonds. The first-order valence-corrected chi connectivity index (χ1v) is 3.48. The van der Waals surface area contributed by atoms with Crippen molar-refractivity contribution in [3.05, 3.63) is 12.1 Å². The molecular formula is C6H13BO5. The van der Waals surface area contributed by atoms with Crippen LogP contribution in [0.25, 0.3) is 0 Å². The van der Waals surface area contributed by atoms with Gasteiger partial charge in [0.15, 0.2) is 0 Å². The number of hydrogen-bond donors (Lipinski definition) is 4. The lowest BCUT2D eigenvalue weighted by Gasteiger charge is -2.08. The maximum Gasteiger partial charge on any atom is 0.485 e. The molecule has 0 saturated heterocycles. The van der Waals surface area contributed by atoms with E-state index in [4.69, 9.17) is 25.0 Å². The van der Waals surface area contributed by atoms with Gasteiger partial charge in [-0.25, -0.2) is 0 Å². The SMILES string of the molecule is C=C(COCC(O)CO)B(O)O. The predicted molar refractivity (Wildman–Crippen MR) is 43.2 cm³/mol. The first kappa shape index (κ1) is 11.6. The minimum atomic E-state index is -1.60. The van der Waals surface area contributed by atoms with Gasteiger partial charge in [-0.2, -0.15) is 0 Å². The van der Waals surface area contributed by atoms with E-state index in [1.54, 1.807) is 0 Å². The largest absolute Gasteiger partial charge is 0.485 e. The second-order valence-corrected chi connectivity index (χ2v) is 2.38. The maximum atomic E-state index is 8.78. The molecule has 5 nitrogen and oxygen atoms in total. The minimum absolute atomic E-state index is 0.0469. The van der Waals surface area contributed by atoms with Crippen molar-refractivity contribution in [1.82, 2.24) is 0 Å². The van der Waals surface area contributed by atoms with Gasteiger partial charge in [0.2, 0.25) is 0 Å². The summed E-state index contributed by atoms with van der Waals surface area (Å²) in [7, 11) is -1.60. The molecule has 0 aliphatic heterocycles. The van der Waals surface area contributed by atoms with Crippen LogP contribution in [-0.4, -0.2) is 53.3 Å². The van der Waals surface area contributed by atoms with Gasteiger partial charge in [0.05, 0.1) is 19.8 Å². The molecule has 12 heavy (non-hydrogen) atoms. The van der Waals surface area contributed by atoms with Gasteiger partial charge in [0, 0.05) is 0 Å². The Kier molecular flexibility index (Phi) is 5.95. The summed E-state index contributed by atoms with van der Waals surface area (Å²) in [4.78, 5) is 0. The molecule has 0 aromatic rings. The lowest BCUT2D eigenvalue weighted by Crippen LogP contribution is -2.23. The highest BCUT2D eigenvalue weighted by Crippen LogP contribution is 1.94. The standard InChI is InChI=1S/C6H13BO5/c1-5(7(10)11)3-12-4-6(9)2-8/h6,8-11H,1-4H2. The van der Waals surface area contributed by atoms with Crippen LogP contribution < -0.4 is 0 Å². The highest BCUT2D eigenvalue weighted by molar-refractivity contribution is 6.50. The summed E-state index contributed by atoms with van der Waals surface area (Å²) >= 11 is 0. The Morgan fingerprint density at radius 3 is 2.50 bits per heavy atom. The van der Waals surface area contributed by atoms with E-state index in [-0.39, 0.29) is 25.3 Å².